The van der Waals surface area contributed by atoms with Crippen LogP contribution in [0.3, 0.4) is 0 Å². The Morgan fingerprint density at radius 1 is 0.974 bits per heavy atom. The predicted octanol–water partition coefficient (Wildman–Crippen LogP) is 9.19. The van der Waals surface area contributed by atoms with Crippen LogP contribution in [0.1, 0.15) is 64.8 Å². The van der Waals surface area contributed by atoms with Gasteiger partial charge in [0.1, 0.15) is 11.4 Å². The topological polar surface area (TPSA) is 51.6 Å². The Morgan fingerprint density at radius 2 is 1.50 bits per heavy atom. The zero-order valence-corrected chi connectivity index (χ0v) is 24.5. The van der Waals surface area contributed by atoms with Gasteiger partial charge in [0.25, 0.3) is 0 Å². The molecule has 0 atom stereocenters. The molecule has 0 saturated heterocycles. The minimum absolute atomic E-state index is 0.638. The number of aliphatic hydroxyl groups is 1. The van der Waals surface area contributed by atoms with Crippen LogP contribution in [0.4, 0.5) is 0 Å². The third-order valence-electron chi connectivity index (χ3n) is 5.69. The lowest BCUT2D eigenvalue weighted by Crippen LogP contribution is -2.02. The molecule has 2 aromatic carbocycles. The fourth-order valence-corrected chi connectivity index (χ4v) is 3.89. The molecule has 1 N–H and O–H groups in total. The molecule has 0 radical (unpaired) electrons. The third-order valence-corrected chi connectivity index (χ3v) is 5.69. The molecular weight excluding hydrogens is 470 g/mol. The van der Waals surface area contributed by atoms with E-state index in [0.717, 1.165) is 70.7 Å². The molecule has 1 aromatic heterocycles. The van der Waals surface area contributed by atoms with Gasteiger partial charge in [-0.1, -0.05) is 89.4 Å². The average Bonchev–Trinajstić information content (AvgIpc) is 2.95. The first-order valence-electron chi connectivity index (χ1n) is 13.2. The normalized spacial score (nSPS) is 10.3. The van der Waals surface area contributed by atoms with Crippen LogP contribution in [0.5, 0.6) is 11.5 Å². The van der Waals surface area contributed by atoms with Gasteiger partial charge in [0.05, 0.1) is 19.4 Å². The zero-order valence-electron chi connectivity index (χ0n) is 24.5. The van der Waals surface area contributed by atoms with Crippen molar-refractivity contribution in [3.8, 4) is 33.9 Å². The van der Waals surface area contributed by atoms with E-state index in [0.29, 0.717) is 11.7 Å². The first-order chi connectivity index (χ1) is 18.4. The summed E-state index contributed by atoms with van der Waals surface area (Å²) in [4.78, 5) is 4.93. The molecule has 0 spiro atoms. The van der Waals surface area contributed by atoms with Gasteiger partial charge < -0.3 is 14.6 Å². The quantitative estimate of drug-likeness (QED) is 0.292. The number of rotatable bonds is 10. The summed E-state index contributed by atoms with van der Waals surface area (Å²) < 4.78 is 11.7. The van der Waals surface area contributed by atoms with Crippen LogP contribution in [0.2, 0.25) is 0 Å². The highest BCUT2D eigenvalue weighted by atomic mass is 16.5. The number of aromatic nitrogens is 1. The molecular formula is C34H45NO3. The van der Waals surface area contributed by atoms with Crippen molar-refractivity contribution in [3.05, 3.63) is 84.6 Å². The van der Waals surface area contributed by atoms with E-state index in [4.69, 9.17) is 19.6 Å². The van der Waals surface area contributed by atoms with Crippen LogP contribution in [0.15, 0.2) is 67.8 Å². The van der Waals surface area contributed by atoms with Gasteiger partial charge in [0.15, 0.2) is 5.75 Å². The monoisotopic (exact) mass is 515 g/mol. The number of methoxy groups -OCH3 is 1. The van der Waals surface area contributed by atoms with Crippen molar-refractivity contribution in [2.75, 3.05) is 20.8 Å². The van der Waals surface area contributed by atoms with E-state index in [-0.39, 0.29) is 0 Å². The number of aliphatic hydroxyl groups excluding tert-OH is 1. The molecule has 4 heteroatoms. The molecule has 0 aliphatic heterocycles. The minimum Gasteiger partial charge on any atom is -0.494 e. The van der Waals surface area contributed by atoms with E-state index in [9.17, 15) is 0 Å². The van der Waals surface area contributed by atoms with Gasteiger partial charge >= 0.3 is 0 Å². The van der Waals surface area contributed by atoms with Crippen LogP contribution >= 0.6 is 0 Å². The fourth-order valence-electron chi connectivity index (χ4n) is 3.89. The van der Waals surface area contributed by atoms with E-state index in [1.165, 1.54) is 0 Å². The summed E-state index contributed by atoms with van der Waals surface area (Å²) in [7, 11) is 2.67. The molecule has 4 nitrogen and oxygen atoms in total. The SMILES string of the molecule is C=Cc1c(/C=C\C)nc(-c2ccc(-c3ccc(OCCC(C)C)cc3)cc2)c(OC)c1C(=C)C.CC.CO. The first-order valence-corrected chi connectivity index (χ1v) is 13.2. The maximum atomic E-state index is 7.00. The van der Waals surface area contributed by atoms with Gasteiger partial charge in [-0.2, -0.15) is 0 Å². The number of hydrogen-bond acceptors (Lipinski definition) is 4. The number of ether oxygens (including phenoxy) is 2. The first kappa shape index (κ1) is 32.4. The smallest absolute Gasteiger partial charge is 0.153 e. The highest BCUT2D eigenvalue weighted by Gasteiger charge is 2.19. The number of hydrogen-bond donors (Lipinski definition) is 1. The minimum atomic E-state index is 0.638. The van der Waals surface area contributed by atoms with Crippen molar-refractivity contribution in [2.45, 2.75) is 48.0 Å². The molecule has 38 heavy (non-hydrogen) atoms. The lowest BCUT2D eigenvalue weighted by atomic mass is 9.95. The van der Waals surface area contributed by atoms with Crippen molar-refractivity contribution >= 4 is 17.7 Å². The largest absolute Gasteiger partial charge is 0.494 e. The molecule has 0 saturated carbocycles. The molecule has 204 valence electrons. The van der Waals surface area contributed by atoms with Crippen LogP contribution in [0.25, 0.3) is 40.1 Å². The number of nitrogens with zero attached hydrogens (tertiary/aromatic N) is 1. The molecule has 3 aromatic rings. The molecule has 0 bridgehead atoms. The van der Waals surface area contributed by atoms with Crippen molar-refractivity contribution in [1.29, 1.82) is 0 Å². The van der Waals surface area contributed by atoms with E-state index in [2.05, 4.69) is 63.4 Å². The third kappa shape index (κ3) is 8.46. The van der Waals surface area contributed by atoms with Crippen molar-refractivity contribution < 1.29 is 14.6 Å². The van der Waals surface area contributed by atoms with Crippen molar-refractivity contribution in [3.63, 3.8) is 0 Å². The lowest BCUT2D eigenvalue weighted by molar-refractivity contribution is 0.289. The second kappa shape index (κ2) is 17.0. The number of allylic oxidation sites excluding steroid dienone is 2. The summed E-state index contributed by atoms with van der Waals surface area (Å²) in [6, 6.07) is 16.7. The summed E-state index contributed by atoms with van der Waals surface area (Å²) in [5, 5.41) is 7.00. The Morgan fingerprint density at radius 3 is 1.95 bits per heavy atom. The number of benzene rings is 2. The van der Waals surface area contributed by atoms with E-state index < -0.39 is 0 Å². The highest BCUT2D eigenvalue weighted by molar-refractivity contribution is 5.86. The summed E-state index contributed by atoms with van der Waals surface area (Å²) in [6.07, 6.45) is 6.84. The second-order valence-electron chi connectivity index (χ2n) is 8.78. The molecule has 0 fully saturated rings. The van der Waals surface area contributed by atoms with Crippen LogP contribution in [-0.2, 0) is 0 Å². The van der Waals surface area contributed by atoms with Crippen molar-refractivity contribution in [2.24, 2.45) is 5.92 Å². The Hall–Kier alpha value is -3.63. The lowest BCUT2D eigenvalue weighted by Gasteiger charge is -2.18. The highest BCUT2D eigenvalue weighted by Crippen LogP contribution is 2.39. The molecule has 1 heterocycles. The van der Waals surface area contributed by atoms with Gasteiger partial charge in [0.2, 0.25) is 0 Å². The second-order valence-corrected chi connectivity index (χ2v) is 8.78. The summed E-state index contributed by atoms with van der Waals surface area (Å²) in [5.41, 5.74) is 7.68. The Kier molecular flexibility index (Phi) is 14.5. The van der Waals surface area contributed by atoms with Crippen LogP contribution in [-0.4, -0.2) is 30.9 Å². The maximum Gasteiger partial charge on any atom is 0.153 e. The van der Waals surface area contributed by atoms with E-state index >= 15 is 0 Å². The van der Waals surface area contributed by atoms with Gasteiger partial charge in [-0.15, -0.1) is 0 Å². The standard InChI is InChI=1S/C31H35NO2.C2H6.CH4O/c1-8-10-28-27(9-2)29(22(5)6)31(33-7)30(32-28)25-13-11-23(12-14-25)24-15-17-26(18-16-24)34-20-19-21(3)4;2*1-2/h8-18,21H,2,5,19-20H2,1,3-4,6-7H3;1-2H3;2H,1H3/b10-8-;;. The molecule has 0 unspecified atom stereocenters. The van der Waals surface area contributed by atoms with Gasteiger partial charge in [-0.05, 0) is 61.1 Å². The summed E-state index contributed by atoms with van der Waals surface area (Å²) >= 11 is 0. The summed E-state index contributed by atoms with van der Waals surface area (Å²) in [6.45, 7) is 21.3. The van der Waals surface area contributed by atoms with E-state index in [1.54, 1.807) is 7.11 Å². The van der Waals surface area contributed by atoms with E-state index in [1.807, 2.05) is 58.1 Å². The number of pyridine rings is 1. The maximum absolute atomic E-state index is 7.00. The van der Waals surface area contributed by atoms with Crippen molar-refractivity contribution in [1.82, 2.24) is 4.98 Å². The Labute approximate surface area is 230 Å². The molecule has 0 amide bonds. The fraction of sp³-hybridized carbons (Fsp3) is 0.324. The Bertz CT molecular complexity index is 1170. The predicted molar refractivity (Wildman–Crippen MR) is 166 cm³/mol. The van der Waals surface area contributed by atoms with Gasteiger partial charge in [0, 0.05) is 23.8 Å². The van der Waals surface area contributed by atoms with Gasteiger partial charge in [-0.25, -0.2) is 4.98 Å². The van der Waals surface area contributed by atoms with Crippen LogP contribution < -0.4 is 9.47 Å². The Balaban J connectivity index is 0.00000172. The molecule has 3 rings (SSSR count). The van der Waals surface area contributed by atoms with Gasteiger partial charge in [-0.3, -0.25) is 0 Å². The molecule has 0 aliphatic rings. The summed E-state index contributed by atoms with van der Waals surface area (Å²) in [5.74, 6) is 2.26. The molecule has 0 aliphatic carbocycles. The zero-order chi connectivity index (χ0) is 28.7. The van der Waals surface area contributed by atoms with Crippen LogP contribution in [0, 0.1) is 5.92 Å². The average molecular weight is 516 g/mol.